The number of allylic oxidation sites excluding steroid dienone is 2. The molecule has 1 aromatic carbocycles. The second-order valence-corrected chi connectivity index (χ2v) is 3.44. The summed E-state index contributed by atoms with van der Waals surface area (Å²) < 4.78 is 5.80. The van der Waals surface area contributed by atoms with Crippen molar-refractivity contribution >= 4 is 5.69 Å². The zero-order valence-electron chi connectivity index (χ0n) is 7.98. The number of nitrogens with one attached hydrogen (secondary N) is 1. The van der Waals surface area contributed by atoms with Gasteiger partial charge < -0.3 is 22.5 Å². The first-order valence-corrected chi connectivity index (χ1v) is 4.72. The molecule has 0 bridgehead atoms. The van der Waals surface area contributed by atoms with E-state index in [1.54, 1.807) is 0 Å². The summed E-state index contributed by atoms with van der Waals surface area (Å²) in [5, 5.41) is 3.42. The molecule has 76 valence electrons. The third-order valence-electron chi connectivity index (χ3n) is 2.49. The smallest absolute Gasteiger partial charge is 0.186 e. The summed E-state index contributed by atoms with van der Waals surface area (Å²) in [6, 6.07) is 8.23. The highest BCUT2D eigenvalue weighted by molar-refractivity contribution is 5.60. The third-order valence-corrected chi connectivity index (χ3v) is 2.49. The molecule has 2 aliphatic rings. The first kappa shape index (κ1) is 10.0. The molecular formula is C12H10ClNO. The normalized spacial score (nSPS) is 24.8. The Bertz CT molecular complexity index is 375. The van der Waals surface area contributed by atoms with Crippen LogP contribution in [0.15, 0.2) is 42.5 Å². The Balaban J connectivity index is 0.000000853. The molecule has 15 heavy (non-hydrogen) atoms. The SMILES string of the molecule is [C+]1=CC2Oc3ccccc3NC2C=C1.[Cl-]. The van der Waals surface area contributed by atoms with Gasteiger partial charge in [0.15, 0.2) is 18.2 Å². The van der Waals surface area contributed by atoms with E-state index >= 15 is 0 Å². The van der Waals surface area contributed by atoms with Crippen molar-refractivity contribution in [3.05, 3.63) is 48.6 Å². The Kier molecular flexibility index (Phi) is 2.63. The van der Waals surface area contributed by atoms with Crippen LogP contribution in [0, 0.1) is 6.08 Å². The van der Waals surface area contributed by atoms with E-state index in [0.717, 1.165) is 11.4 Å². The van der Waals surface area contributed by atoms with E-state index in [0.29, 0.717) is 0 Å². The van der Waals surface area contributed by atoms with Gasteiger partial charge in [0.05, 0.1) is 17.8 Å². The number of hydrogen-bond donors (Lipinski definition) is 1. The molecule has 0 fully saturated rings. The summed E-state index contributed by atoms with van der Waals surface area (Å²) in [6.45, 7) is 0. The molecule has 1 aromatic rings. The van der Waals surface area contributed by atoms with Crippen LogP contribution in [0.3, 0.4) is 0 Å². The van der Waals surface area contributed by atoms with Crippen LogP contribution in [-0.4, -0.2) is 12.1 Å². The molecule has 0 radical (unpaired) electrons. The molecule has 0 amide bonds. The monoisotopic (exact) mass is 219 g/mol. The number of hydrogen-bond acceptors (Lipinski definition) is 2. The van der Waals surface area contributed by atoms with Crippen molar-refractivity contribution in [1.82, 2.24) is 0 Å². The predicted molar refractivity (Wildman–Crippen MR) is 55.2 cm³/mol. The average molecular weight is 220 g/mol. The van der Waals surface area contributed by atoms with Crippen LogP contribution >= 0.6 is 0 Å². The summed E-state index contributed by atoms with van der Waals surface area (Å²) in [7, 11) is 0. The van der Waals surface area contributed by atoms with Crippen molar-refractivity contribution in [1.29, 1.82) is 0 Å². The molecule has 1 aliphatic carbocycles. The van der Waals surface area contributed by atoms with Crippen molar-refractivity contribution in [3.63, 3.8) is 0 Å². The quantitative estimate of drug-likeness (QED) is 0.575. The zero-order chi connectivity index (χ0) is 9.38. The van der Waals surface area contributed by atoms with E-state index in [1.165, 1.54) is 0 Å². The predicted octanol–water partition coefficient (Wildman–Crippen LogP) is -0.839. The van der Waals surface area contributed by atoms with Crippen molar-refractivity contribution in [2.45, 2.75) is 12.1 Å². The lowest BCUT2D eigenvalue weighted by molar-refractivity contribution is -0.00000328. The number of fused-ring (bicyclic) bond motifs is 2. The lowest BCUT2D eigenvalue weighted by atomic mass is 10.0. The van der Waals surface area contributed by atoms with Gasteiger partial charge in [0.2, 0.25) is 0 Å². The minimum absolute atomic E-state index is 0. The van der Waals surface area contributed by atoms with E-state index < -0.39 is 0 Å². The molecule has 0 aromatic heterocycles. The molecule has 1 aliphatic heterocycles. The molecule has 0 spiro atoms. The maximum atomic E-state index is 5.80. The Morgan fingerprint density at radius 2 is 2.13 bits per heavy atom. The second-order valence-electron chi connectivity index (χ2n) is 3.44. The van der Waals surface area contributed by atoms with Gasteiger partial charge in [0.1, 0.15) is 11.8 Å². The summed E-state index contributed by atoms with van der Waals surface area (Å²) in [4.78, 5) is 0. The van der Waals surface area contributed by atoms with Crippen LogP contribution < -0.4 is 22.5 Å². The van der Waals surface area contributed by atoms with E-state index in [2.05, 4.69) is 17.5 Å². The van der Waals surface area contributed by atoms with Crippen LogP contribution in [0.2, 0.25) is 0 Å². The summed E-state index contributed by atoms with van der Waals surface area (Å²) in [5.74, 6) is 0.919. The number of benzene rings is 1. The standard InChI is InChI=1S/C12H10NO.ClH/c1-3-7-11-9(5-1)13-10-6-2-4-8-12(10)14-11;/h1-3,5-8,10,12-13H;1H/q+1;/p-1. The fourth-order valence-electron chi connectivity index (χ4n) is 1.78. The molecule has 0 saturated heterocycles. The molecule has 2 unspecified atom stereocenters. The Morgan fingerprint density at radius 1 is 1.27 bits per heavy atom. The van der Waals surface area contributed by atoms with Gasteiger partial charge in [-0.25, -0.2) is 0 Å². The van der Waals surface area contributed by atoms with Crippen LogP contribution in [0.4, 0.5) is 5.69 Å². The Hall–Kier alpha value is -1.50. The lowest BCUT2D eigenvalue weighted by Gasteiger charge is -2.28. The second kappa shape index (κ2) is 3.93. The number of ether oxygens (including phenoxy) is 1. The first-order chi connectivity index (χ1) is 6.93. The minimum Gasteiger partial charge on any atom is -1.00 e. The van der Waals surface area contributed by atoms with E-state index in [-0.39, 0.29) is 24.6 Å². The van der Waals surface area contributed by atoms with Gasteiger partial charge in [-0.15, -0.1) is 0 Å². The minimum atomic E-state index is 0. The molecule has 1 heterocycles. The molecule has 0 saturated carbocycles. The molecular weight excluding hydrogens is 210 g/mol. The van der Waals surface area contributed by atoms with Gasteiger partial charge in [-0.2, -0.15) is 0 Å². The van der Waals surface area contributed by atoms with E-state index in [1.807, 2.05) is 36.4 Å². The molecule has 3 heteroatoms. The van der Waals surface area contributed by atoms with Gasteiger partial charge in [-0.3, -0.25) is 0 Å². The van der Waals surface area contributed by atoms with Gasteiger partial charge in [0.25, 0.3) is 0 Å². The summed E-state index contributed by atoms with van der Waals surface area (Å²) in [5.41, 5.74) is 1.06. The fraction of sp³-hybridized carbons (Fsp3) is 0.167. The van der Waals surface area contributed by atoms with E-state index in [4.69, 9.17) is 4.74 Å². The maximum Gasteiger partial charge on any atom is 0.186 e. The third kappa shape index (κ3) is 1.70. The average Bonchev–Trinajstić information content (AvgIpc) is 2.26. The van der Waals surface area contributed by atoms with Crippen LogP contribution in [0.25, 0.3) is 0 Å². The van der Waals surface area contributed by atoms with Crippen molar-refractivity contribution in [2.24, 2.45) is 0 Å². The van der Waals surface area contributed by atoms with Crippen molar-refractivity contribution < 1.29 is 17.1 Å². The zero-order valence-corrected chi connectivity index (χ0v) is 8.74. The molecule has 3 rings (SSSR count). The molecule has 2 atom stereocenters. The van der Waals surface area contributed by atoms with Gasteiger partial charge >= 0.3 is 0 Å². The van der Waals surface area contributed by atoms with Gasteiger partial charge in [0, 0.05) is 0 Å². The maximum absolute atomic E-state index is 5.80. The number of anilines is 1. The largest absolute Gasteiger partial charge is 1.00 e. The number of rotatable bonds is 0. The Labute approximate surface area is 95.0 Å². The van der Waals surface area contributed by atoms with Crippen LogP contribution in [0.1, 0.15) is 0 Å². The van der Waals surface area contributed by atoms with Gasteiger partial charge in [-0.1, -0.05) is 12.1 Å². The molecule has 2 nitrogen and oxygen atoms in total. The number of para-hydroxylation sites is 2. The van der Waals surface area contributed by atoms with Crippen molar-refractivity contribution in [2.75, 3.05) is 5.32 Å². The van der Waals surface area contributed by atoms with Crippen LogP contribution in [-0.2, 0) is 0 Å². The van der Waals surface area contributed by atoms with Gasteiger partial charge in [-0.05, 0) is 12.1 Å². The van der Waals surface area contributed by atoms with Crippen LogP contribution in [0.5, 0.6) is 5.75 Å². The summed E-state index contributed by atoms with van der Waals surface area (Å²) in [6.07, 6.45) is 9.07. The first-order valence-electron chi connectivity index (χ1n) is 4.72. The summed E-state index contributed by atoms with van der Waals surface area (Å²) >= 11 is 0. The fourth-order valence-corrected chi connectivity index (χ4v) is 1.78. The van der Waals surface area contributed by atoms with E-state index in [9.17, 15) is 0 Å². The lowest BCUT2D eigenvalue weighted by Crippen LogP contribution is -3.00. The number of halogens is 1. The molecule has 1 N–H and O–H groups in total. The Morgan fingerprint density at radius 3 is 3.07 bits per heavy atom. The topological polar surface area (TPSA) is 21.3 Å². The highest BCUT2D eigenvalue weighted by Crippen LogP contribution is 2.32. The van der Waals surface area contributed by atoms with Crippen molar-refractivity contribution in [3.8, 4) is 5.75 Å². The highest BCUT2D eigenvalue weighted by Gasteiger charge is 2.31. The highest BCUT2D eigenvalue weighted by atomic mass is 35.5.